The first kappa shape index (κ1) is 37.3. The van der Waals surface area contributed by atoms with Gasteiger partial charge >= 0.3 is 30.2 Å². The van der Waals surface area contributed by atoms with Crippen LogP contribution in [-0.4, -0.2) is 142 Å². The largest absolute Gasteiger partial charge is 0.505 e. The van der Waals surface area contributed by atoms with Crippen LogP contribution in [0, 0.1) is 0 Å². The van der Waals surface area contributed by atoms with Crippen molar-refractivity contribution >= 4 is 30.2 Å². The fourth-order valence-electron chi connectivity index (χ4n) is 4.50. The van der Waals surface area contributed by atoms with Gasteiger partial charge in [-0.2, -0.15) is 0 Å². The van der Waals surface area contributed by atoms with Crippen molar-refractivity contribution in [1.82, 2.24) is 14.7 Å². The molecular weight excluding hydrogens is 610 g/mol. The SMILES string of the molecule is O=C(O)CN(CCOC(=O)O)CCN(CCN(CC(=O)O)C(COC(=O)O)Cc1ccc(OCc2ccccc2)cc1)CC(=O)O. The Bertz CT molecular complexity index is 1260. The third-order valence-electron chi connectivity index (χ3n) is 6.68. The van der Waals surface area contributed by atoms with Gasteiger partial charge in [0.2, 0.25) is 0 Å². The minimum absolute atomic E-state index is 0.00650. The van der Waals surface area contributed by atoms with Gasteiger partial charge in [-0.1, -0.05) is 42.5 Å². The van der Waals surface area contributed by atoms with E-state index >= 15 is 0 Å². The number of carboxylic acid groups (broad SMARTS) is 5. The van der Waals surface area contributed by atoms with Crippen molar-refractivity contribution in [2.24, 2.45) is 0 Å². The minimum Gasteiger partial charge on any atom is -0.489 e. The molecule has 5 N–H and O–H groups in total. The van der Waals surface area contributed by atoms with Crippen molar-refractivity contribution < 1.29 is 63.7 Å². The summed E-state index contributed by atoms with van der Waals surface area (Å²) < 4.78 is 15.1. The molecule has 1 unspecified atom stereocenters. The Kier molecular flexibility index (Phi) is 16.3. The lowest BCUT2D eigenvalue weighted by Crippen LogP contribution is -2.48. The van der Waals surface area contributed by atoms with Gasteiger partial charge in [-0.25, -0.2) is 9.59 Å². The molecular formula is C30H39N3O13. The molecule has 0 fully saturated rings. The van der Waals surface area contributed by atoms with Gasteiger partial charge in [0.1, 0.15) is 25.6 Å². The summed E-state index contributed by atoms with van der Waals surface area (Å²) in [6.45, 7) is -1.59. The van der Waals surface area contributed by atoms with Gasteiger partial charge in [0.15, 0.2) is 0 Å². The number of rotatable bonds is 23. The number of benzene rings is 2. The fraction of sp³-hybridized carbons (Fsp3) is 0.433. The van der Waals surface area contributed by atoms with Crippen molar-refractivity contribution in [3.05, 3.63) is 65.7 Å². The van der Waals surface area contributed by atoms with Crippen LogP contribution < -0.4 is 4.74 Å². The lowest BCUT2D eigenvalue weighted by Gasteiger charge is -2.32. The van der Waals surface area contributed by atoms with Gasteiger partial charge in [0.25, 0.3) is 0 Å². The van der Waals surface area contributed by atoms with Crippen LogP contribution in [0.15, 0.2) is 54.6 Å². The molecule has 0 heterocycles. The van der Waals surface area contributed by atoms with Gasteiger partial charge in [0, 0.05) is 38.8 Å². The van der Waals surface area contributed by atoms with Crippen molar-refractivity contribution in [2.75, 3.05) is 65.6 Å². The maximum atomic E-state index is 11.8. The molecule has 2 rings (SSSR count). The van der Waals surface area contributed by atoms with E-state index in [0.717, 1.165) is 11.1 Å². The number of carbonyl (C=O) groups is 5. The number of nitrogens with zero attached hydrogens (tertiary/aromatic N) is 3. The molecule has 0 aliphatic rings. The Morgan fingerprint density at radius 1 is 0.609 bits per heavy atom. The number of hydrogen-bond donors (Lipinski definition) is 5. The topological polar surface area (TPSA) is 224 Å². The fourth-order valence-corrected chi connectivity index (χ4v) is 4.50. The first-order chi connectivity index (χ1) is 21.9. The van der Waals surface area contributed by atoms with Crippen LogP contribution in [0.25, 0.3) is 0 Å². The second kappa shape index (κ2) is 20.2. The number of carboxylic acids is 3. The van der Waals surface area contributed by atoms with Crippen molar-refractivity contribution in [1.29, 1.82) is 0 Å². The Morgan fingerprint density at radius 3 is 1.70 bits per heavy atom. The third kappa shape index (κ3) is 16.2. The normalized spacial score (nSPS) is 11.7. The van der Waals surface area contributed by atoms with Crippen LogP contribution in [0.1, 0.15) is 11.1 Å². The van der Waals surface area contributed by atoms with E-state index in [9.17, 15) is 39.3 Å². The Labute approximate surface area is 264 Å². The third-order valence-corrected chi connectivity index (χ3v) is 6.68. The molecule has 16 nitrogen and oxygen atoms in total. The molecule has 46 heavy (non-hydrogen) atoms. The highest BCUT2D eigenvalue weighted by Gasteiger charge is 2.25. The Balaban J connectivity index is 2.13. The van der Waals surface area contributed by atoms with Crippen LogP contribution in [0.4, 0.5) is 9.59 Å². The molecule has 0 saturated heterocycles. The maximum absolute atomic E-state index is 11.8. The summed E-state index contributed by atoms with van der Waals surface area (Å²) in [4.78, 5) is 60.8. The quantitative estimate of drug-likeness (QED) is 0.108. The first-order valence-corrected chi connectivity index (χ1v) is 14.2. The van der Waals surface area contributed by atoms with E-state index in [1.165, 1.54) is 14.7 Å². The number of hydrogen-bond acceptors (Lipinski definition) is 11. The first-order valence-electron chi connectivity index (χ1n) is 14.2. The van der Waals surface area contributed by atoms with Crippen molar-refractivity contribution in [3.63, 3.8) is 0 Å². The van der Waals surface area contributed by atoms with Gasteiger partial charge in [-0.3, -0.25) is 29.1 Å². The molecule has 0 saturated carbocycles. The highest BCUT2D eigenvalue weighted by atomic mass is 16.7. The van der Waals surface area contributed by atoms with Crippen LogP contribution in [0.3, 0.4) is 0 Å². The molecule has 0 radical (unpaired) electrons. The van der Waals surface area contributed by atoms with Crippen LogP contribution in [0.2, 0.25) is 0 Å². The lowest BCUT2D eigenvalue weighted by atomic mass is 10.0. The summed E-state index contributed by atoms with van der Waals surface area (Å²) in [7, 11) is 0. The molecule has 2 aromatic carbocycles. The summed E-state index contributed by atoms with van der Waals surface area (Å²) in [6, 6.07) is 15.9. The predicted octanol–water partition coefficient (Wildman–Crippen LogP) is 1.73. The van der Waals surface area contributed by atoms with Gasteiger partial charge in [-0.15, -0.1) is 0 Å². The molecule has 16 heteroatoms. The second-order valence-corrected chi connectivity index (χ2v) is 10.2. The summed E-state index contributed by atoms with van der Waals surface area (Å²) in [5.41, 5.74) is 1.73. The van der Waals surface area contributed by atoms with E-state index in [1.54, 1.807) is 24.3 Å². The van der Waals surface area contributed by atoms with E-state index in [2.05, 4.69) is 4.74 Å². The molecule has 0 aliphatic heterocycles. The van der Waals surface area contributed by atoms with Crippen LogP contribution >= 0.6 is 0 Å². The van der Waals surface area contributed by atoms with Crippen molar-refractivity contribution in [3.8, 4) is 5.75 Å². The Morgan fingerprint density at radius 2 is 1.15 bits per heavy atom. The summed E-state index contributed by atoms with van der Waals surface area (Å²) in [6.07, 6.45) is -2.85. The molecule has 0 spiro atoms. The molecule has 2 aromatic rings. The van der Waals surface area contributed by atoms with Gasteiger partial charge < -0.3 is 39.7 Å². The second-order valence-electron chi connectivity index (χ2n) is 10.2. The standard InChI is InChI=1S/C30H39N3O13/c34-26(35)17-31(10-11-32(18-27(36)37)14-15-44-29(40)41)12-13-33(19-28(38)39)24(21-46-30(42)43)16-22-6-8-25(9-7-22)45-20-23-4-2-1-3-5-23/h1-9,24H,10-21H2,(H,34,35)(H,36,37)(H,38,39)(H,40,41)(H,42,43). The van der Waals surface area contributed by atoms with Crippen LogP contribution in [-0.2, 0) is 36.9 Å². The van der Waals surface area contributed by atoms with E-state index in [-0.39, 0.29) is 52.4 Å². The summed E-state index contributed by atoms with van der Waals surface area (Å²) in [5, 5.41) is 46.1. The van der Waals surface area contributed by atoms with Crippen LogP contribution in [0.5, 0.6) is 5.75 Å². The molecule has 0 amide bonds. The van der Waals surface area contributed by atoms with E-state index < -0.39 is 55.9 Å². The molecule has 0 aliphatic carbocycles. The maximum Gasteiger partial charge on any atom is 0.505 e. The monoisotopic (exact) mass is 649 g/mol. The zero-order valence-electron chi connectivity index (χ0n) is 25.1. The average molecular weight is 650 g/mol. The minimum atomic E-state index is -1.54. The van der Waals surface area contributed by atoms with Gasteiger partial charge in [-0.05, 0) is 29.7 Å². The van der Waals surface area contributed by atoms with Crippen molar-refractivity contribution in [2.45, 2.75) is 19.1 Å². The van der Waals surface area contributed by atoms with E-state index in [0.29, 0.717) is 12.4 Å². The Hall–Kier alpha value is -4.93. The molecule has 0 aromatic heterocycles. The number of ether oxygens (including phenoxy) is 3. The molecule has 1 atom stereocenters. The van der Waals surface area contributed by atoms with E-state index in [4.69, 9.17) is 19.7 Å². The summed E-state index contributed by atoms with van der Waals surface area (Å²) in [5.74, 6) is -2.95. The zero-order chi connectivity index (χ0) is 33.9. The molecule has 252 valence electrons. The smallest absolute Gasteiger partial charge is 0.489 e. The van der Waals surface area contributed by atoms with E-state index in [1.807, 2.05) is 30.3 Å². The predicted molar refractivity (Wildman–Crippen MR) is 160 cm³/mol. The summed E-state index contributed by atoms with van der Waals surface area (Å²) >= 11 is 0. The zero-order valence-corrected chi connectivity index (χ0v) is 25.1. The highest BCUT2D eigenvalue weighted by Crippen LogP contribution is 2.17. The molecule has 0 bridgehead atoms. The lowest BCUT2D eigenvalue weighted by molar-refractivity contribution is -0.141. The highest BCUT2D eigenvalue weighted by molar-refractivity contribution is 5.70. The number of aliphatic carboxylic acids is 3. The average Bonchev–Trinajstić information content (AvgIpc) is 2.98. The van der Waals surface area contributed by atoms with Gasteiger partial charge in [0.05, 0.1) is 19.6 Å².